The number of nitrogens with zero attached hydrogens (tertiary/aromatic N) is 2. The number of fused-ring (bicyclic) bond motifs is 3. The minimum Gasteiger partial charge on any atom is -0.383 e. The van der Waals surface area contributed by atoms with Gasteiger partial charge in [0.1, 0.15) is 10.6 Å². The van der Waals surface area contributed by atoms with Gasteiger partial charge in [0.05, 0.1) is 18.1 Å². The van der Waals surface area contributed by atoms with Gasteiger partial charge in [-0.05, 0) is 23.1 Å². The first-order valence-corrected chi connectivity index (χ1v) is 10.8. The summed E-state index contributed by atoms with van der Waals surface area (Å²) in [5.74, 6) is 1.76. The third-order valence-corrected chi connectivity index (χ3v) is 7.00. The lowest BCUT2D eigenvalue weighted by atomic mass is 9.96. The Balaban J connectivity index is 1.63. The Morgan fingerprint density at radius 2 is 2.15 bits per heavy atom. The van der Waals surface area contributed by atoms with Crippen LogP contribution in [0.2, 0.25) is 5.02 Å². The largest absolute Gasteiger partial charge is 0.383 e. The number of ether oxygens (including phenoxy) is 1. The number of aromatic nitrogens is 2. The second kappa shape index (κ2) is 7.35. The van der Waals surface area contributed by atoms with Gasteiger partial charge in [-0.15, -0.1) is 11.3 Å². The highest BCUT2D eigenvalue weighted by Crippen LogP contribution is 2.39. The normalized spacial score (nSPS) is 17.0. The fourth-order valence-electron chi connectivity index (χ4n) is 3.14. The van der Waals surface area contributed by atoms with E-state index in [9.17, 15) is 0 Å². The predicted octanol–water partition coefficient (Wildman–Crippen LogP) is 5.32. The lowest BCUT2D eigenvalue weighted by Gasteiger charge is -2.26. The molecule has 2 N–H and O–H groups in total. The first kappa shape index (κ1) is 18.0. The lowest BCUT2D eigenvalue weighted by Crippen LogP contribution is -2.26. The number of nitrogen functional groups attached to an aromatic ring is 1. The molecule has 0 bridgehead atoms. The maximum Gasteiger partial charge on any atom is 0.191 e. The van der Waals surface area contributed by atoms with E-state index < -0.39 is 0 Å². The Morgan fingerprint density at radius 3 is 2.92 bits per heavy atom. The number of benzene rings is 1. The van der Waals surface area contributed by atoms with Crippen LogP contribution in [0, 0.1) is 5.92 Å². The first-order valence-electron chi connectivity index (χ1n) is 8.58. The van der Waals surface area contributed by atoms with E-state index in [1.807, 2.05) is 24.3 Å². The maximum absolute atomic E-state index is 6.32. The number of thiophene rings is 1. The first-order chi connectivity index (χ1) is 12.5. The zero-order valence-electron chi connectivity index (χ0n) is 14.7. The van der Waals surface area contributed by atoms with E-state index in [-0.39, 0.29) is 6.10 Å². The van der Waals surface area contributed by atoms with E-state index in [4.69, 9.17) is 27.1 Å². The molecule has 1 aromatic carbocycles. The highest BCUT2D eigenvalue weighted by Gasteiger charge is 2.27. The van der Waals surface area contributed by atoms with Crippen molar-refractivity contribution in [2.24, 2.45) is 5.92 Å². The Kier molecular flexibility index (Phi) is 5.10. The van der Waals surface area contributed by atoms with Crippen molar-refractivity contribution in [2.45, 2.75) is 43.9 Å². The molecule has 0 unspecified atom stereocenters. The second-order valence-electron chi connectivity index (χ2n) is 6.75. The standard InChI is InChI=1S/C19H20ClN3OS2/c1-10(2)14-7-12-15(8-24-14)26-18-16(12)17(21)22-19(23-18)25-9-11-5-3-4-6-13(11)20/h3-6,10,14H,7-9H2,1-2H3,(H2,21,22,23)/t14-/m0/s1. The van der Waals surface area contributed by atoms with E-state index in [0.29, 0.717) is 29.3 Å². The van der Waals surface area contributed by atoms with Gasteiger partial charge in [0, 0.05) is 22.1 Å². The highest BCUT2D eigenvalue weighted by molar-refractivity contribution is 7.98. The SMILES string of the molecule is CC(C)[C@@H]1Cc2c(sc3nc(SCc4ccccc4Cl)nc(N)c23)CO1. The van der Waals surface area contributed by atoms with Crippen LogP contribution in [0.25, 0.3) is 10.2 Å². The van der Waals surface area contributed by atoms with Gasteiger partial charge in [-0.3, -0.25) is 0 Å². The molecule has 26 heavy (non-hydrogen) atoms. The Hall–Kier alpha value is -1.34. The van der Waals surface area contributed by atoms with Crippen molar-refractivity contribution >= 4 is 50.7 Å². The third-order valence-electron chi connectivity index (χ3n) is 4.63. The molecule has 3 aromatic rings. The van der Waals surface area contributed by atoms with Gasteiger partial charge in [-0.25, -0.2) is 9.97 Å². The van der Waals surface area contributed by atoms with Crippen LogP contribution in [0.4, 0.5) is 5.82 Å². The molecule has 4 rings (SSSR count). The highest BCUT2D eigenvalue weighted by atomic mass is 35.5. The van der Waals surface area contributed by atoms with Crippen LogP contribution in [-0.2, 0) is 23.5 Å². The molecule has 1 atom stereocenters. The van der Waals surface area contributed by atoms with Gasteiger partial charge in [0.15, 0.2) is 5.16 Å². The summed E-state index contributed by atoms with van der Waals surface area (Å²) in [4.78, 5) is 11.5. The molecule has 136 valence electrons. The van der Waals surface area contributed by atoms with E-state index >= 15 is 0 Å². The van der Waals surface area contributed by atoms with E-state index in [1.54, 1.807) is 23.1 Å². The summed E-state index contributed by atoms with van der Waals surface area (Å²) in [5.41, 5.74) is 8.66. The van der Waals surface area contributed by atoms with E-state index in [1.165, 1.54) is 10.4 Å². The summed E-state index contributed by atoms with van der Waals surface area (Å²) in [6.45, 7) is 5.02. The molecule has 0 amide bonds. The molecule has 0 fully saturated rings. The average molecular weight is 406 g/mol. The summed E-state index contributed by atoms with van der Waals surface area (Å²) in [6.07, 6.45) is 1.11. The summed E-state index contributed by atoms with van der Waals surface area (Å²) in [5, 5.41) is 2.47. The fourth-order valence-corrected chi connectivity index (χ4v) is 5.46. The van der Waals surface area contributed by atoms with Crippen LogP contribution >= 0.6 is 34.7 Å². The smallest absolute Gasteiger partial charge is 0.191 e. The van der Waals surface area contributed by atoms with Gasteiger partial charge < -0.3 is 10.5 Å². The van der Waals surface area contributed by atoms with Crippen LogP contribution in [0.3, 0.4) is 0 Å². The third kappa shape index (κ3) is 3.43. The van der Waals surface area contributed by atoms with Crippen molar-refractivity contribution < 1.29 is 4.74 Å². The molecular weight excluding hydrogens is 386 g/mol. The number of nitrogens with two attached hydrogens (primary N) is 1. The molecular formula is C19H20ClN3OS2. The summed E-state index contributed by atoms with van der Waals surface area (Å²) < 4.78 is 5.99. The molecule has 1 aliphatic heterocycles. The zero-order chi connectivity index (χ0) is 18.3. The fraction of sp³-hybridized carbons (Fsp3) is 0.368. The van der Waals surface area contributed by atoms with Gasteiger partial charge in [-0.2, -0.15) is 0 Å². The summed E-state index contributed by atoms with van der Waals surface area (Å²) in [6, 6.07) is 7.83. The lowest BCUT2D eigenvalue weighted by molar-refractivity contribution is 0.00203. The van der Waals surface area contributed by atoms with E-state index in [2.05, 4.69) is 18.8 Å². The number of hydrogen-bond acceptors (Lipinski definition) is 6. The van der Waals surface area contributed by atoms with Crippen LogP contribution in [0.5, 0.6) is 0 Å². The molecule has 1 aliphatic rings. The minimum absolute atomic E-state index is 0.231. The quantitative estimate of drug-likeness (QED) is 0.470. The van der Waals surface area contributed by atoms with Gasteiger partial charge in [-0.1, -0.05) is 55.4 Å². The summed E-state index contributed by atoms with van der Waals surface area (Å²) >= 11 is 9.46. The van der Waals surface area contributed by atoms with Gasteiger partial charge in [0.2, 0.25) is 0 Å². The molecule has 0 saturated heterocycles. The van der Waals surface area contributed by atoms with Crippen LogP contribution in [0.1, 0.15) is 29.9 Å². The Bertz CT molecular complexity index is 957. The monoisotopic (exact) mass is 405 g/mol. The predicted molar refractivity (Wildman–Crippen MR) is 110 cm³/mol. The van der Waals surface area contributed by atoms with Gasteiger partial charge >= 0.3 is 0 Å². The average Bonchev–Trinajstić information content (AvgIpc) is 2.99. The van der Waals surface area contributed by atoms with Crippen molar-refractivity contribution in [1.29, 1.82) is 0 Å². The van der Waals surface area contributed by atoms with Crippen molar-refractivity contribution in [2.75, 3.05) is 5.73 Å². The van der Waals surface area contributed by atoms with Crippen molar-refractivity contribution in [3.05, 3.63) is 45.3 Å². The van der Waals surface area contributed by atoms with Crippen molar-refractivity contribution in [3.63, 3.8) is 0 Å². The minimum atomic E-state index is 0.231. The number of anilines is 1. The van der Waals surface area contributed by atoms with Crippen LogP contribution < -0.4 is 5.73 Å². The molecule has 2 aromatic heterocycles. The molecule has 0 saturated carbocycles. The topological polar surface area (TPSA) is 61.0 Å². The molecule has 4 nitrogen and oxygen atoms in total. The van der Waals surface area contributed by atoms with Crippen molar-refractivity contribution in [3.8, 4) is 0 Å². The number of rotatable bonds is 4. The Labute approximate surface area is 166 Å². The number of halogens is 1. The Morgan fingerprint density at radius 1 is 1.35 bits per heavy atom. The number of hydrogen-bond donors (Lipinski definition) is 1. The van der Waals surface area contributed by atoms with Gasteiger partial charge in [0.25, 0.3) is 0 Å². The molecule has 0 aliphatic carbocycles. The molecule has 0 radical (unpaired) electrons. The molecule has 0 spiro atoms. The van der Waals surface area contributed by atoms with Crippen LogP contribution in [-0.4, -0.2) is 16.1 Å². The number of thioether (sulfide) groups is 1. The molecule has 7 heteroatoms. The zero-order valence-corrected chi connectivity index (χ0v) is 17.0. The van der Waals surface area contributed by atoms with E-state index in [0.717, 1.165) is 27.2 Å². The maximum atomic E-state index is 6.32. The van der Waals surface area contributed by atoms with Crippen LogP contribution in [0.15, 0.2) is 29.4 Å². The van der Waals surface area contributed by atoms with Crippen molar-refractivity contribution in [1.82, 2.24) is 9.97 Å². The second-order valence-corrected chi connectivity index (χ2v) is 9.19. The summed E-state index contributed by atoms with van der Waals surface area (Å²) in [7, 11) is 0. The molecule has 3 heterocycles.